The van der Waals surface area contributed by atoms with Crippen LogP contribution in [0.5, 0.6) is 0 Å². The van der Waals surface area contributed by atoms with Gasteiger partial charge in [-0.3, -0.25) is 9.10 Å². The predicted molar refractivity (Wildman–Crippen MR) is 139 cm³/mol. The van der Waals surface area contributed by atoms with Gasteiger partial charge in [0.1, 0.15) is 17.2 Å². The minimum Gasteiger partial charge on any atom is -0.455 e. The van der Waals surface area contributed by atoms with Crippen molar-refractivity contribution in [2.45, 2.75) is 25.3 Å². The Kier molecular flexibility index (Phi) is 6.36. The Hall–Kier alpha value is -3.56. The number of carbonyl (C=O) groups excluding carboxylic acids is 1. The third kappa shape index (κ3) is 4.52. The van der Waals surface area contributed by atoms with Crippen molar-refractivity contribution in [1.29, 1.82) is 0 Å². The lowest BCUT2D eigenvalue weighted by atomic mass is 10.00. The van der Waals surface area contributed by atoms with E-state index in [-0.39, 0.29) is 24.1 Å². The molecule has 0 atom stereocenters. The summed E-state index contributed by atoms with van der Waals surface area (Å²) in [5.41, 5.74) is 9.38. The van der Waals surface area contributed by atoms with Gasteiger partial charge in [0.25, 0.3) is 5.91 Å². The number of nitrogens with one attached hydrogen (secondary N) is 1. The highest BCUT2D eigenvalue weighted by molar-refractivity contribution is 7.74. The smallest absolute Gasteiger partial charge is 0.255 e. The number of carbonyl (C=O) groups is 1. The molecule has 1 aliphatic rings. The molecule has 1 aromatic heterocycles. The fraction of sp³-hybridized carbons (Fsp3) is 0.192. The van der Waals surface area contributed by atoms with E-state index in [1.54, 1.807) is 24.3 Å². The number of benzene rings is 3. The molecule has 1 amide bonds. The van der Waals surface area contributed by atoms with Crippen LogP contribution in [0.3, 0.4) is 0 Å². The molecule has 10 heteroatoms. The second kappa shape index (κ2) is 9.48. The Morgan fingerprint density at radius 2 is 1.89 bits per heavy atom. The molecule has 0 saturated heterocycles. The van der Waals surface area contributed by atoms with E-state index in [1.807, 2.05) is 6.07 Å². The van der Waals surface area contributed by atoms with Crippen molar-refractivity contribution in [3.05, 3.63) is 82.1 Å². The normalized spacial score (nSPS) is 13.3. The van der Waals surface area contributed by atoms with Crippen LogP contribution in [0.4, 0.5) is 15.8 Å². The molecule has 36 heavy (non-hydrogen) atoms. The molecule has 7 nitrogen and oxygen atoms in total. The van der Waals surface area contributed by atoms with Gasteiger partial charge < -0.3 is 15.5 Å². The summed E-state index contributed by atoms with van der Waals surface area (Å²) in [6, 6.07) is 14.2. The Morgan fingerprint density at radius 3 is 2.50 bits per heavy atom. The van der Waals surface area contributed by atoms with Gasteiger partial charge in [0.2, 0.25) is 10.9 Å². The summed E-state index contributed by atoms with van der Waals surface area (Å²) in [6.45, 7) is 0.0533. The van der Waals surface area contributed by atoms with Gasteiger partial charge in [-0.2, -0.15) is 0 Å². The van der Waals surface area contributed by atoms with Gasteiger partial charge >= 0.3 is 0 Å². The van der Waals surface area contributed by atoms with E-state index in [0.29, 0.717) is 44.1 Å². The standard InChI is InChI=1S/C26H23ClFN3O4S/c1-30-26(32)24-19-11-18(15-3-4-15)22(12-23(19)35-25(24)16-5-7-17(28)8-6-16)31(36(33)34)13-14-2-9-21(29)20(27)10-14/h2,5-12,15,36H,3-4,13,29H2,1H3,(H,30,32). The molecule has 1 saturated carbocycles. The third-order valence-electron chi connectivity index (χ3n) is 6.29. The highest BCUT2D eigenvalue weighted by atomic mass is 35.5. The number of hydrogen-bond donors (Lipinski definition) is 3. The number of nitrogens with zero attached hydrogens (tertiary/aromatic N) is 1. The van der Waals surface area contributed by atoms with Crippen molar-refractivity contribution in [3.8, 4) is 11.3 Å². The van der Waals surface area contributed by atoms with Gasteiger partial charge in [-0.1, -0.05) is 17.7 Å². The summed E-state index contributed by atoms with van der Waals surface area (Å²) < 4.78 is 45.8. The van der Waals surface area contributed by atoms with Crippen molar-refractivity contribution >= 4 is 50.7 Å². The summed E-state index contributed by atoms with van der Waals surface area (Å²) >= 11 is 6.15. The molecular weight excluding hydrogens is 505 g/mol. The van der Waals surface area contributed by atoms with Crippen molar-refractivity contribution in [2.24, 2.45) is 0 Å². The third-order valence-corrected chi connectivity index (χ3v) is 7.37. The van der Waals surface area contributed by atoms with E-state index in [1.165, 1.54) is 35.6 Å². The van der Waals surface area contributed by atoms with Crippen LogP contribution >= 0.6 is 11.6 Å². The first-order valence-electron chi connectivity index (χ1n) is 11.3. The number of furan rings is 1. The summed E-state index contributed by atoms with van der Waals surface area (Å²) in [5, 5.41) is 3.55. The number of halogens is 2. The molecule has 0 radical (unpaired) electrons. The number of hydrogen-bond acceptors (Lipinski definition) is 5. The SMILES string of the molecule is CNC(=O)c1c(-c2ccc(F)cc2)oc2cc(N(Cc3ccc(N)c(Cl)c3)[SH](=O)=O)c(C3CC3)cc12. The monoisotopic (exact) mass is 527 g/mol. The van der Waals surface area contributed by atoms with Gasteiger partial charge in [0, 0.05) is 24.1 Å². The molecule has 4 aromatic rings. The molecule has 1 fully saturated rings. The average molecular weight is 528 g/mol. The maximum Gasteiger partial charge on any atom is 0.255 e. The molecule has 5 rings (SSSR count). The Morgan fingerprint density at radius 1 is 1.17 bits per heavy atom. The zero-order valence-electron chi connectivity index (χ0n) is 19.3. The Balaban J connectivity index is 1.69. The predicted octanol–water partition coefficient (Wildman–Crippen LogP) is 5.24. The molecule has 0 unspecified atom stereocenters. The largest absolute Gasteiger partial charge is 0.455 e. The molecule has 1 heterocycles. The van der Waals surface area contributed by atoms with Crippen molar-refractivity contribution in [1.82, 2.24) is 5.32 Å². The first-order valence-corrected chi connectivity index (χ1v) is 12.8. The number of thiol groups is 1. The number of amides is 1. The fourth-order valence-corrected chi connectivity index (χ4v) is 5.15. The van der Waals surface area contributed by atoms with Crippen LogP contribution in [-0.4, -0.2) is 21.4 Å². The lowest BCUT2D eigenvalue weighted by Gasteiger charge is -2.21. The van der Waals surface area contributed by atoms with E-state index in [2.05, 4.69) is 5.32 Å². The second-order valence-electron chi connectivity index (χ2n) is 8.73. The molecule has 186 valence electrons. The first-order chi connectivity index (χ1) is 17.3. The van der Waals surface area contributed by atoms with E-state index in [9.17, 15) is 17.6 Å². The van der Waals surface area contributed by atoms with Crippen LogP contribution in [0.2, 0.25) is 5.02 Å². The molecule has 0 bridgehead atoms. The minimum atomic E-state index is -3.02. The van der Waals surface area contributed by atoms with Crippen molar-refractivity contribution in [3.63, 3.8) is 0 Å². The number of nitrogens with two attached hydrogens (primary N) is 1. The summed E-state index contributed by atoms with van der Waals surface area (Å²) in [7, 11) is -1.50. The number of fused-ring (bicyclic) bond motifs is 1. The van der Waals surface area contributed by atoms with Gasteiger partial charge in [-0.25, -0.2) is 12.8 Å². The van der Waals surface area contributed by atoms with Crippen LogP contribution in [0.25, 0.3) is 22.3 Å². The van der Waals surface area contributed by atoms with E-state index in [0.717, 1.165) is 18.4 Å². The lowest BCUT2D eigenvalue weighted by Crippen LogP contribution is -2.22. The number of anilines is 2. The summed E-state index contributed by atoms with van der Waals surface area (Å²) in [4.78, 5) is 12.9. The molecule has 0 aliphatic heterocycles. The van der Waals surface area contributed by atoms with Crippen LogP contribution < -0.4 is 15.4 Å². The second-order valence-corrected chi connectivity index (χ2v) is 10.1. The topological polar surface area (TPSA) is 106 Å². The lowest BCUT2D eigenvalue weighted by molar-refractivity contribution is 0.0964. The van der Waals surface area contributed by atoms with E-state index < -0.39 is 16.7 Å². The zero-order chi connectivity index (χ0) is 25.6. The maximum absolute atomic E-state index is 13.5. The van der Waals surface area contributed by atoms with Gasteiger partial charge in [-0.15, -0.1) is 0 Å². The minimum absolute atomic E-state index is 0.0533. The van der Waals surface area contributed by atoms with Crippen LogP contribution in [-0.2, 0) is 17.4 Å². The summed E-state index contributed by atoms with van der Waals surface area (Å²) in [6.07, 6.45) is 1.82. The highest BCUT2D eigenvalue weighted by Gasteiger charge is 2.32. The molecule has 3 N–H and O–H groups in total. The number of nitrogen functional groups attached to an aromatic ring is 1. The number of rotatable bonds is 7. The van der Waals surface area contributed by atoms with Crippen LogP contribution in [0, 0.1) is 5.82 Å². The van der Waals surface area contributed by atoms with Gasteiger partial charge in [0.05, 0.1) is 28.5 Å². The summed E-state index contributed by atoms with van der Waals surface area (Å²) in [5.74, 6) is -0.316. The highest BCUT2D eigenvalue weighted by Crippen LogP contribution is 2.48. The van der Waals surface area contributed by atoms with Crippen molar-refractivity contribution in [2.75, 3.05) is 17.1 Å². The molecular formula is C26H23ClFN3O4S. The van der Waals surface area contributed by atoms with Gasteiger partial charge in [0.15, 0.2) is 0 Å². The van der Waals surface area contributed by atoms with Crippen molar-refractivity contribution < 1.29 is 22.0 Å². The fourth-order valence-electron chi connectivity index (χ4n) is 4.32. The Bertz CT molecular complexity index is 1550. The quantitative estimate of drug-likeness (QED) is 0.225. The Labute approximate surface area is 213 Å². The average Bonchev–Trinajstić information content (AvgIpc) is 3.64. The first kappa shape index (κ1) is 24.1. The maximum atomic E-state index is 13.5. The van der Waals surface area contributed by atoms with Gasteiger partial charge in [-0.05, 0) is 72.4 Å². The molecule has 0 spiro atoms. The van der Waals surface area contributed by atoms with Crippen LogP contribution in [0.15, 0.2) is 59.0 Å². The zero-order valence-corrected chi connectivity index (χ0v) is 20.9. The van der Waals surface area contributed by atoms with E-state index >= 15 is 0 Å². The molecule has 1 aliphatic carbocycles. The van der Waals surface area contributed by atoms with Crippen LogP contribution in [0.1, 0.15) is 40.2 Å². The molecule has 3 aromatic carbocycles. The van der Waals surface area contributed by atoms with E-state index in [4.69, 9.17) is 21.8 Å².